The van der Waals surface area contributed by atoms with Gasteiger partial charge in [-0.15, -0.1) is 24.0 Å². The Kier molecular flexibility index (Phi) is 10.3. The quantitative estimate of drug-likeness (QED) is 0.242. The Labute approximate surface area is 194 Å². The van der Waals surface area contributed by atoms with Crippen molar-refractivity contribution in [2.75, 3.05) is 13.6 Å². The van der Waals surface area contributed by atoms with E-state index in [-0.39, 0.29) is 37.1 Å². The molecular formula is C20H23F3IN5O2. The van der Waals surface area contributed by atoms with Crippen LogP contribution in [0.15, 0.2) is 53.5 Å². The Morgan fingerprint density at radius 1 is 0.968 bits per heavy atom. The number of nitrogens with zero attached hydrogens (tertiary/aromatic N) is 1. The van der Waals surface area contributed by atoms with Crippen LogP contribution in [0.3, 0.4) is 0 Å². The van der Waals surface area contributed by atoms with Crippen LogP contribution in [0.5, 0.6) is 0 Å². The second kappa shape index (κ2) is 12.1. The molecule has 2 aromatic rings. The van der Waals surface area contributed by atoms with Gasteiger partial charge >= 0.3 is 6.18 Å². The van der Waals surface area contributed by atoms with Crippen molar-refractivity contribution in [2.24, 2.45) is 10.7 Å². The van der Waals surface area contributed by atoms with E-state index in [2.05, 4.69) is 20.9 Å². The normalized spacial score (nSPS) is 11.3. The summed E-state index contributed by atoms with van der Waals surface area (Å²) >= 11 is 0. The van der Waals surface area contributed by atoms with Crippen LogP contribution < -0.4 is 21.7 Å². The molecule has 31 heavy (non-hydrogen) atoms. The molecule has 0 saturated carbocycles. The first-order valence-electron chi connectivity index (χ1n) is 8.95. The van der Waals surface area contributed by atoms with Crippen molar-refractivity contribution in [1.29, 1.82) is 0 Å². The van der Waals surface area contributed by atoms with E-state index in [9.17, 15) is 22.8 Å². The van der Waals surface area contributed by atoms with E-state index in [0.717, 1.165) is 17.7 Å². The lowest BCUT2D eigenvalue weighted by Crippen LogP contribution is -2.36. The largest absolute Gasteiger partial charge is 0.416 e. The van der Waals surface area contributed by atoms with Gasteiger partial charge in [-0.1, -0.05) is 24.3 Å². The molecule has 168 valence electrons. The molecule has 0 fully saturated rings. The first-order chi connectivity index (χ1) is 14.2. The maximum Gasteiger partial charge on any atom is 0.416 e. The zero-order valence-corrected chi connectivity index (χ0v) is 19.0. The molecule has 2 amide bonds. The molecule has 7 nitrogen and oxygen atoms in total. The number of carbonyl (C=O) groups is 2. The number of guanidine groups is 1. The number of primary amides is 1. The van der Waals surface area contributed by atoms with E-state index in [1.165, 1.54) is 6.07 Å². The third kappa shape index (κ3) is 8.82. The smallest absolute Gasteiger partial charge is 0.368 e. The summed E-state index contributed by atoms with van der Waals surface area (Å²) in [6.45, 7) is 0.310. The minimum absolute atomic E-state index is 0. The van der Waals surface area contributed by atoms with Gasteiger partial charge in [0.05, 0.1) is 12.1 Å². The summed E-state index contributed by atoms with van der Waals surface area (Å²) in [5.74, 6) is -0.629. The molecule has 0 spiro atoms. The van der Waals surface area contributed by atoms with Gasteiger partial charge in [0, 0.05) is 25.7 Å². The summed E-state index contributed by atoms with van der Waals surface area (Å²) in [5.41, 5.74) is 5.98. The molecule has 0 aliphatic rings. The van der Waals surface area contributed by atoms with Crippen LogP contribution in [0.1, 0.15) is 27.0 Å². The number of hydrogen-bond donors (Lipinski definition) is 4. The monoisotopic (exact) mass is 549 g/mol. The topological polar surface area (TPSA) is 109 Å². The van der Waals surface area contributed by atoms with Gasteiger partial charge in [0.15, 0.2) is 5.96 Å². The highest BCUT2D eigenvalue weighted by molar-refractivity contribution is 14.0. The van der Waals surface area contributed by atoms with Crippen molar-refractivity contribution >= 4 is 41.8 Å². The van der Waals surface area contributed by atoms with E-state index in [0.29, 0.717) is 23.6 Å². The zero-order valence-electron chi connectivity index (χ0n) is 16.6. The number of rotatable bonds is 7. The highest BCUT2D eigenvalue weighted by Gasteiger charge is 2.30. The van der Waals surface area contributed by atoms with Crippen LogP contribution in [0.2, 0.25) is 0 Å². The van der Waals surface area contributed by atoms with Crippen LogP contribution in [-0.4, -0.2) is 31.4 Å². The summed E-state index contributed by atoms with van der Waals surface area (Å²) in [6, 6.07) is 11.7. The Bertz CT molecular complexity index is 918. The summed E-state index contributed by atoms with van der Waals surface area (Å²) in [7, 11) is 1.55. The number of benzene rings is 2. The van der Waals surface area contributed by atoms with Gasteiger partial charge in [-0.3, -0.25) is 14.6 Å². The van der Waals surface area contributed by atoms with Crippen LogP contribution in [0, 0.1) is 0 Å². The molecular weight excluding hydrogens is 526 g/mol. The third-order valence-corrected chi connectivity index (χ3v) is 4.04. The summed E-state index contributed by atoms with van der Waals surface area (Å²) < 4.78 is 38.4. The van der Waals surface area contributed by atoms with Crippen molar-refractivity contribution in [1.82, 2.24) is 16.0 Å². The number of aliphatic imine (C=N–C) groups is 1. The van der Waals surface area contributed by atoms with Crippen molar-refractivity contribution in [3.63, 3.8) is 0 Å². The van der Waals surface area contributed by atoms with Crippen molar-refractivity contribution < 1.29 is 22.8 Å². The zero-order chi connectivity index (χ0) is 22.1. The summed E-state index contributed by atoms with van der Waals surface area (Å²) in [5, 5.41) is 8.39. The van der Waals surface area contributed by atoms with E-state index in [1.54, 1.807) is 37.4 Å². The minimum atomic E-state index is -4.39. The number of alkyl halides is 3. The van der Waals surface area contributed by atoms with Gasteiger partial charge in [-0.05, 0) is 35.4 Å². The molecule has 0 bridgehead atoms. The van der Waals surface area contributed by atoms with Gasteiger partial charge in [-0.25, -0.2) is 0 Å². The SMILES string of the molecule is CN=C(NCc1ccc(C(=O)NCC(N)=O)cc1)NCc1cccc(C(F)(F)F)c1.I. The lowest BCUT2D eigenvalue weighted by atomic mass is 10.1. The predicted octanol–water partition coefficient (Wildman–Crippen LogP) is 2.40. The molecule has 0 aliphatic heterocycles. The summed E-state index contributed by atoms with van der Waals surface area (Å²) in [4.78, 5) is 26.6. The number of carbonyl (C=O) groups excluding carboxylic acids is 2. The third-order valence-electron chi connectivity index (χ3n) is 4.04. The second-order valence-electron chi connectivity index (χ2n) is 6.32. The molecule has 2 rings (SSSR count). The fourth-order valence-electron chi connectivity index (χ4n) is 2.49. The van der Waals surface area contributed by atoms with Crippen molar-refractivity contribution in [3.8, 4) is 0 Å². The number of nitrogens with two attached hydrogens (primary N) is 1. The van der Waals surface area contributed by atoms with E-state index >= 15 is 0 Å². The lowest BCUT2D eigenvalue weighted by molar-refractivity contribution is -0.137. The minimum Gasteiger partial charge on any atom is -0.368 e. The van der Waals surface area contributed by atoms with Crippen molar-refractivity contribution in [3.05, 3.63) is 70.8 Å². The number of halogens is 4. The van der Waals surface area contributed by atoms with Crippen LogP contribution >= 0.6 is 24.0 Å². The van der Waals surface area contributed by atoms with E-state index in [1.807, 2.05) is 0 Å². The van der Waals surface area contributed by atoms with Gasteiger partial charge in [0.25, 0.3) is 5.91 Å². The molecule has 11 heteroatoms. The molecule has 0 aliphatic carbocycles. The average Bonchev–Trinajstić information content (AvgIpc) is 2.72. The Balaban J connectivity index is 0.00000480. The molecule has 2 aromatic carbocycles. The summed E-state index contributed by atoms with van der Waals surface area (Å²) in [6.07, 6.45) is -4.39. The Morgan fingerprint density at radius 2 is 1.58 bits per heavy atom. The van der Waals surface area contributed by atoms with Gasteiger partial charge in [-0.2, -0.15) is 13.2 Å². The number of amides is 2. The molecule has 0 aromatic heterocycles. The first-order valence-corrected chi connectivity index (χ1v) is 8.95. The standard InChI is InChI=1S/C20H22F3N5O2.HI/c1-25-19(28-11-14-3-2-4-16(9-14)20(21,22)23)27-10-13-5-7-15(8-6-13)18(30)26-12-17(24)29;/h2-9H,10-12H2,1H3,(H2,24,29)(H,26,30)(H2,25,27,28);1H. The first kappa shape index (κ1) is 26.2. The molecule has 0 unspecified atom stereocenters. The molecule has 0 radical (unpaired) electrons. The van der Waals surface area contributed by atoms with Gasteiger partial charge in [0.2, 0.25) is 5.91 Å². The molecule has 0 saturated heterocycles. The van der Waals surface area contributed by atoms with Crippen molar-refractivity contribution in [2.45, 2.75) is 19.3 Å². The molecule has 0 heterocycles. The average molecular weight is 549 g/mol. The Hall–Kier alpha value is -2.83. The second-order valence-corrected chi connectivity index (χ2v) is 6.32. The van der Waals surface area contributed by atoms with Gasteiger partial charge in [0.1, 0.15) is 0 Å². The van der Waals surface area contributed by atoms with Crippen LogP contribution in [0.4, 0.5) is 13.2 Å². The maximum atomic E-state index is 12.8. The number of hydrogen-bond acceptors (Lipinski definition) is 3. The Morgan fingerprint density at radius 3 is 2.13 bits per heavy atom. The fourth-order valence-corrected chi connectivity index (χ4v) is 2.49. The van der Waals surface area contributed by atoms with Crippen LogP contribution in [0.25, 0.3) is 0 Å². The number of nitrogens with one attached hydrogen (secondary N) is 3. The van der Waals surface area contributed by atoms with Gasteiger partial charge < -0.3 is 21.7 Å². The van der Waals surface area contributed by atoms with E-state index < -0.39 is 23.6 Å². The predicted molar refractivity (Wildman–Crippen MR) is 122 cm³/mol. The highest BCUT2D eigenvalue weighted by atomic mass is 127. The van der Waals surface area contributed by atoms with E-state index in [4.69, 9.17) is 5.73 Å². The fraction of sp³-hybridized carbons (Fsp3) is 0.250. The lowest BCUT2D eigenvalue weighted by Gasteiger charge is -2.13. The maximum absolute atomic E-state index is 12.8. The highest BCUT2D eigenvalue weighted by Crippen LogP contribution is 2.29. The van der Waals surface area contributed by atoms with Crippen LogP contribution in [-0.2, 0) is 24.1 Å². The molecule has 0 atom stereocenters. The molecule has 5 N–H and O–H groups in total.